The first-order valence-corrected chi connectivity index (χ1v) is 8.04. The van der Waals surface area contributed by atoms with E-state index in [9.17, 15) is 12.8 Å². The topological polar surface area (TPSA) is 72.2 Å². The molecule has 2 rings (SSSR count). The molecule has 0 aliphatic rings. The van der Waals surface area contributed by atoms with Crippen LogP contribution in [-0.4, -0.2) is 8.42 Å². The second kappa shape index (κ2) is 6.24. The van der Waals surface area contributed by atoms with Crippen LogP contribution in [-0.2, 0) is 23.0 Å². The van der Waals surface area contributed by atoms with E-state index in [2.05, 4.69) is 4.72 Å². The van der Waals surface area contributed by atoms with Gasteiger partial charge in [0.05, 0.1) is 5.69 Å². The summed E-state index contributed by atoms with van der Waals surface area (Å²) in [4.78, 5) is -0.113. The van der Waals surface area contributed by atoms with Crippen molar-refractivity contribution in [3.8, 4) is 0 Å². The van der Waals surface area contributed by atoms with Gasteiger partial charge in [-0.15, -0.1) is 0 Å². The highest BCUT2D eigenvalue weighted by atomic mass is 32.2. The molecule has 4 nitrogen and oxygen atoms in total. The van der Waals surface area contributed by atoms with Crippen molar-refractivity contribution in [1.82, 2.24) is 4.72 Å². The highest BCUT2D eigenvalue weighted by molar-refractivity contribution is 7.89. The molecule has 0 atom stereocenters. The summed E-state index contributed by atoms with van der Waals surface area (Å²) < 4.78 is 39.9. The lowest BCUT2D eigenvalue weighted by molar-refractivity contribution is 0.580. The maximum absolute atomic E-state index is 13.0. The molecule has 21 heavy (non-hydrogen) atoms. The van der Waals surface area contributed by atoms with Gasteiger partial charge in [-0.05, 0) is 35.7 Å². The number of nitrogens with one attached hydrogen (secondary N) is 1. The molecule has 0 amide bonds. The van der Waals surface area contributed by atoms with Crippen LogP contribution in [0.1, 0.15) is 18.1 Å². The van der Waals surface area contributed by atoms with Gasteiger partial charge in [0, 0.05) is 6.54 Å². The first kappa shape index (κ1) is 15.5. The Bertz CT molecular complexity index is 745. The van der Waals surface area contributed by atoms with Gasteiger partial charge in [0.15, 0.2) is 0 Å². The van der Waals surface area contributed by atoms with Gasteiger partial charge in [0.25, 0.3) is 0 Å². The summed E-state index contributed by atoms with van der Waals surface area (Å²) in [6.45, 7) is 2.18. The number of benzene rings is 2. The van der Waals surface area contributed by atoms with E-state index >= 15 is 0 Å². The Labute approximate surface area is 123 Å². The van der Waals surface area contributed by atoms with E-state index in [1.165, 1.54) is 6.07 Å². The third-order valence-electron chi connectivity index (χ3n) is 3.21. The minimum absolute atomic E-state index is 0.105. The Balaban J connectivity index is 2.22. The lowest BCUT2D eigenvalue weighted by Gasteiger charge is -2.11. The smallest absolute Gasteiger partial charge is 0.242 e. The summed E-state index contributed by atoms with van der Waals surface area (Å²) >= 11 is 0. The molecule has 2 aromatic carbocycles. The number of sulfonamides is 1. The minimum atomic E-state index is -3.77. The third kappa shape index (κ3) is 3.59. The number of nitrogens with two attached hydrogens (primary N) is 1. The molecule has 6 heteroatoms. The fourth-order valence-electron chi connectivity index (χ4n) is 2.09. The van der Waals surface area contributed by atoms with Crippen molar-refractivity contribution < 1.29 is 12.8 Å². The number of anilines is 1. The third-order valence-corrected chi connectivity index (χ3v) is 4.69. The Morgan fingerprint density at radius 3 is 2.43 bits per heavy atom. The van der Waals surface area contributed by atoms with Gasteiger partial charge in [-0.25, -0.2) is 17.5 Å². The standard InChI is InChI=1S/C15H17FN2O2S/c1-2-11-5-3-4-6-12(11)10-18-21(19,20)15-8-7-13(16)9-14(15)17/h3-9,18H,2,10,17H2,1H3. The van der Waals surface area contributed by atoms with E-state index in [0.29, 0.717) is 0 Å². The number of halogens is 1. The molecule has 0 radical (unpaired) electrons. The molecule has 0 bridgehead atoms. The number of nitrogen functional groups attached to an aromatic ring is 1. The molecule has 3 N–H and O–H groups in total. The maximum atomic E-state index is 13.0. The lowest BCUT2D eigenvalue weighted by atomic mass is 10.1. The second-order valence-electron chi connectivity index (χ2n) is 4.63. The summed E-state index contributed by atoms with van der Waals surface area (Å²) in [7, 11) is -3.77. The molecule has 0 spiro atoms. The van der Waals surface area contributed by atoms with Crippen LogP contribution in [0.2, 0.25) is 0 Å². The molecular weight excluding hydrogens is 291 g/mol. The van der Waals surface area contributed by atoms with Gasteiger partial charge < -0.3 is 5.73 Å². The predicted octanol–water partition coefficient (Wildman–Crippen LogP) is 2.45. The molecule has 0 heterocycles. The first-order valence-electron chi connectivity index (χ1n) is 6.55. The molecule has 2 aromatic rings. The van der Waals surface area contributed by atoms with Crippen molar-refractivity contribution in [2.24, 2.45) is 0 Å². The van der Waals surface area contributed by atoms with Crippen molar-refractivity contribution >= 4 is 15.7 Å². The van der Waals surface area contributed by atoms with Gasteiger partial charge in [0.2, 0.25) is 10.0 Å². The van der Waals surface area contributed by atoms with Crippen LogP contribution in [0.15, 0.2) is 47.4 Å². The fraction of sp³-hybridized carbons (Fsp3) is 0.200. The maximum Gasteiger partial charge on any atom is 0.242 e. The van der Waals surface area contributed by atoms with Gasteiger partial charge in [0.1, 0.15) is 10.7 Å². The summed E-state index contributed by atoms with van der Waals surface area (Å²) in [5.41, 5.74) is 7.45. The molecule has 112 valence electrons. The van der Waals surface area contributed by atoms with Gasteiger partial charge in [-0.3, -0.25) is 0 Å². The van der Waals surface area contributed by atoms with Crippen LogP contribution in [0.3, 0.4) is 0 Å². The summed E-state index contributed by atoms with van der Waals surface area (Å²) in [6.07, 6.45) is 0.816. The molecule has 0 saturated carbocycles. The van der Waals surface area contributed by atoms with Gasteiger partial charge >= 0.3 is 0 Å². The molecule has 0 saturated heterocycles. The number of rotatable bonds is 5. The zero-order valence-corrected chi connectivity index (χ0v) is 12.5. The van der Waals surface area contributed by atoms with Crippen molar-refractivity contribution in [3.05, 3.63) is 59.4 Å². The Kier molecular flexibility index (Phi) is 4.59. The van der Waals surface area contributed by atoms with Crippen molar-refractivity contribution in [2.45, 2.75) is 24.8 Å². The quantitative estimate of drug-likeness (QED) is 0.833. The molecule has 0 aliphatic carbocycles. The SMILES string of the molecule is CCc1ccccc1CNS(=O)(=O)c1ccc(F)cc1N. The van der Waals surface area contributed by atoms with Gasteiger partial charge in [-0.2, -0.15) is 0 Å². The largest absolute Gasteiger partial charge is 0.398 e. The van der Waals surface area contributed by atoms with E-state index in [-0.39, 0.29) is 17.1 Å². The average Bonchev–Trinajstić information content (AvgIpc) is 2.45. The molecular formula is C15H17FN2O2S. The molecule has 0 aromatic heterocycles. The first-order chi connectivity index (χ1) is 9.94. The summed E-state index contributed by atoms with van der Waals surface area (Å²) in [6, 6.07) is 10.8. The zero-order valence-electron chi connectivity index (χ0n) is 11.6. The highest BCUT2D eigenvalue weighted by Gasteiger charge is 2.17. The van der Waals surface area contributed by atoms with E-state index in [1.54, 1.807) is 0 Å². The lowest BCUT2D eigenvalue weighted by Crippen LogP contribution is -2.24. The van der Waals surface area contributed by atoms with Crippen molar-refractivity contribution in [3.63, 3.8) is 0 Å². The second-order valence-corrected chi connectivity index (χ2v) is 6.36. The van der Waals surface area contributed by atoms with E-state index in [4.69, 9.17) is 5.73 Å². The number of hydrogen-bond acceptors (Lipinski definition) is 3. The fourth-order valence-corrected chi connectivity index (χ4v) is 3.21. The highest BCUT2D eigenvalue weighted by Crippen LogP contribution is 2.19. The Morgan fingerprint density at radius 1 is 1.14 bits per heavy atom. The predicted molar refractivity (Wildman–Crippen MR) is 80.7 cm³/mol. The normalized spacial score (nSPS) is 11.5. The van der Waals surface area contributed by atoms with Gasteiger partial charge in [-0.1, -0.05) is 31.2 Å². The van der Waals surface area contributed by atoms with Crippen molar-refractivity contribution in [2.75, 3.05) is 5.73 Å². The van der Waals surface area contributed by atoms with Crippen molar-refractivity contribution in [1.29, 1.82) is 0 Å². The van der Waals surface area contributed by atoms with Crippen LogP contribution in [0.4, 0.5) is 10.1 Å². The molecule has 0 fully saturated rings. The average molecular weight is 308 g/mol. The van der Waals surface area contributed by atoms with Crippen LogP contribution >= 0.6 is 0 Å². The van der Waals surface area contributed by atoms with Crippen LogP contribution in [0.25, 0.3) is 0 Å². The van der Waals surface area contributed by atoms with Crippen LogP contribution in [0, 0.1) is 5.82 Å². The van der Waals surface area contributed by atoms with E-state index in [1.807, 2.05) is 31.2 Å². The van der Waals surface area contributed by atoms with Crippen LogP contribution < -0.4 is 10.5 Å². The number of hydrogen-bond donors (Lipinski definition) is 2. The summed E-state index contributed by atoms with van der Waals surface area (Å²) in [5, 5.41) is 0. The Morgan fingerprint density at radius 2 is 1.81 bits per heavy atom. The molecule has 0 unspecified atom stereocenters. The zero-order chi connectivity index (χ0) is 15.5. The summed E-state index contributed by atoms with van der Waals surface area (Å²) in [5.74, 6) is -0.567. The minimum Gasteiger partial charge on any atom is -0.398 e. The molecule has 0 aliphatic heterocycles. The Hall–Kier alpha value is -1.92. The van der Waals surface area contributed by atoms with E-state index < -0.39 is 15.8 Å². The monoisotopic (exact) mass is 308 g/mol. The number of aryl methyl sites for hydroxylation is 1. The van der Waals surface area contributed by atoms with Crippen LogP contribution in [0.5, 0.6) is 0 Å². The van der Waals surface area contributed by atoms with E-state index in [0.717, 1.165) is 29.7 Å².